The second kappa shape index (κ2) is 8.10. The third-order valence-corrected chi connectivity index (χ3v) is 2.05. The van der Waals surface area contributed by atoms with Gasteiger partial charge in [-0.2, -0.15) is 0 Å². The van der Waals surface area contributed by atoms with Crippen LogP contribution in [0.3, 0.4) is 0 Å². The van der Waals surface area contributed by atoms with E-state index in [1.165, 1.54) is 16.8 Å². The van der Waals surface area contributed by atoms with E-state index in [4.69, 9.17) is 0 Å². The van der Waals surface area contributed by atoms with Gasteiger partial charge in [-0.25, -0.2) is 0 Å². The molecule has 0 bridgehead atoms. The average Bonchev–Trinajstić information content (AvgIpc) is 2.35. The molecule has 1 aromatic rings. The first-order valence-corrected chi connectivity index (χ1v) is 5.88. The summed E-state index contributed by atoms with van der Waals surface area (Å²) < 4.78 is 0. The Hall–Kier alpha value is -1.24. The summed E-state index contributed by atoms with van der Waals surface area (Å²) in [5.41, 5.74) is 3.96. The standard InChI is InChI=1S/C10H11N.2C2H6/c1-8-6-7-11-10-5-3-2-4-9(8)10;2*1-2/h2-6,11H,7H2,1H3;2*1-2H3. The molecule has 0 aliphatic carbocycles. The van der Waals surface area contributed by atoms with E-state index in [0.29, 0.717) is 0 Å². The van der Waals surface area contributed by atoms with Crippen LogP contribution in [0.4, 0.5) is 5.69 Å². The number of hydrogen-bond donors (Lipinski definition) is 1. The van der Waals surface area contributed by atoms with Crippen molar-refractivity contribution in [3.63, 3.8) is 0 Å². The Morgan fingerprint density at radius 1 is 1.00 bits per heavy atom. The van der Waals surface area contributed by atoms with Crippen LogP contribution in [0, 0.1) is 0 Å². The van der Waals surface area contributed by atoms with E-state index in [0.717, 1.165) is 6.54 Å². The number of benzene rings is 1. The van der Waals surface area contributed by atoms with Crippen LogP contribution in [0.25, 0.3) is 5.57 Å². The lowest BCUT2D eigenvalue weighted by molar-refractivity contribution is 1.28. The highest BCUT2D eigenvalue weighted by Gasteiger charge is 2.05. The highest BCUT2D eigenvalue weighted by atomic mass is 14.9. The van der Waals surface area contributed by atoms with Crippen molar-refractivity contribution in [3.05, 3.63) is 35.9 Å². The van der Waals surface area contributed by atoms with Gasteiger partial charge < -0.3 is 5.32 Å². The Bertz CT molecular complexity index is 300. The van der Waals surface area contributed by atoms with Gasteiger partial charge in [0.05, 0.1) is 0 Å². The van der Waals surface area contributed by atoms with E-state index in [-0.39, 0.29) is 0 Å². The first-order chi connectivity index (χ1) is 7.38. The maximum Gasteiger partial charge on any atom is 0.0418 e. The van der Waals surface area contributed by atoms with Gasteiger partial charge in [-0.05, 0) is 18.6 Å². The molecule has 0 saturated heterocycles. The molecule has 1 heteroatoms. The fraction of sp³-hybridized carbons (Fsp3) is 0.429. The molecular formula is C14H23N. The number of rotatable bonds is 0. The van der Waals surface area contributed by atoms with Gasteiger partial charge in [0.25, 0.3) is 0 Å². The number of allylic oxidation sites excluding steroid dienone is 1. The van der Waals surface area contributed by atoms with Crippen LogP contribution in [0.5, 0.6) is 0 Å². The van der Waals surface area contributed by atoms with Crippen molar-refractivity contribution in [3.8, 4) is 0 Å². The van der Waals surface area contributed by atoms with Crippen LogP contribution in [0.2, 0.25) is 0 Å². The molecule has 1 N–H and O–H groups in total. The third-order valence-electron chi connectivity index (χ3n) is 2.05. The number of anilines is 1. The molecule has 0 atom stereocenters. The summed E-state index contributed by atoms with van der Waals surface area (Å²) in [4.78, 5) is 0. The molecule has 0 amide bonds. The van der Waals surface area contributed by atoms with Crippen LogP contribution >= 0.6 is 0 Å². The van der Waals surface area contributed by atoms with Crippen molar-refractivity contribution in [1.82, 2.24) is 0 Å². The predicted octanol–water partition coefficient (Wildman–Crippen LogP) is 4.57. The quantitative estimate of drug-likeness (QED) is 0.654. The largest absolute Gasteiger partial charge is 0.381 e. The molecule has 1 aliphatic rings. The fourth-order valence-corrected chi connectivity index (χ4v) is 1.41. The monoisotopic (exact) mass is 205 g/mol. The van der Waals surface area contributed by atoms with Crippen molar-refractivity contribution >= 4 is 11.3 Å². The summed E-state index contributed by atoms with van der Waals surface area (Å²) in [6.07, 6.45) is 2.21. The molecule has 1 heterocycles. The van der Waals surface area contributed by atoms with Crippen molar-refractivity contribution in [1.29, 1.82) is 0 Å². The fourth-order valence-electron chi connectivity index (χ4n) is 1.41. The maximum atomic E-state index is 3.32. The molecule has 15 heavy (non-hydrogen) atoms. The second-order valence-corrected chi connectivity index (χ2v) is 2.81. The lowest BCUT2D eigenvalue weighted by atomic mass is 10.0. The molecule has 2 rings (SSSR count). The summed E-state index contributed by atoms with van der Waals surface area (Å²) in [6, 6.07) is 8.40. The number of para-hydroxylation sites is 1. The second-order valence-electron chi connectivity index (χ2n) is 2.81. The molecule has 0 saturated carbocycles. The molecular weight excluding hydrogens is 182 g/mol. The summed E-state index contributed by atoms with van der Waals surface area (Å²) in [7, 11) is 0. The molecule has 0 fully saturated rings. The minimum absolute atomic E-state index is 0.961. The van der Waals surface area contributed by atoms with Crippen LogP contribution in [0.15, 0.2) is 30.3 Å². The normalized spacial score (nSPS) is 11.7. The Labute approximate surface area is 94.2 Å². The molecule has 1 aromatic carbocycles. The molecule has 1 aliphatic heterocycles. The van der Waals surface area contributed by atoms with E-state index in [1.807, 2.05) is 27.7 Å². The number of nitrogens with one attached hydrogen (secondary N) is 1. The third kappa shape index (κ3) is 3.78. The van der Waals surface area contributed by atoms with Crippen molar-refractivity contribution in [2.75, 3.05) is 11.9 Å². The lowest BCUT2D eigenvalue weighted by Gasteiger charge is -2.16. The van der Waals surface area contributed by atoms with Crippen LogP contribution in [0.1, 0.15) is 40.2 Å². The first-order valence-electron chi connectivity index (χ1n) is 5.88. The zero-order chi connectivity index (χ0) is 11.7. The first kappa shape index (κ1) is 13.8. The number of hydrogen-bond acceptors (Lipinski definition) is 1. The van der Waals surface area contributed by atoms with E-state index < -0.39 is 0 Å². The van der Waals surface area contributed by atoms with E-state index in [2.05, 4.69) is 42.6 Å². The van der Waals surface area contributed by atoms with Gasteiger partial charge >= 0.3 is 0 Å². The zero-order valence-corrected chi connectivity index (χ0v) is 10.6. The lowest BCUT2D eigenvalue weighted by Crippen LogP contribution is -2.06. The molecule has 1 nitrogen and oxygen atoms in total. The molecule has 0 aromatic heterocycles. The summed E-state index contributed by atoms with van der Waals surface area (Å²) >= 11 is 0. The average molecular weight is 205 g/mol. The van der Waals surface area contributed by atoms with Crippen LogP contribution < -0.4 is 5.32 Å². The van der Waals surface area contributed by atoms with Gasteiger partial charge in [-0.3, -0.25) is 0 Å². The Morgan fingerprint density at radius 2 is 1.60 bits per heavy atom. The van der Waals surface area contributed by atoms with Gasteiger partial charge in [-0.1, -0.05) is 52.0 Å². The van der Waals surface area contributed by atoms with Crippen molar-refractivity contribution in [2.24, 2.45) is 0 Å². The van der Waals surface area contributed by atoms with Gasteiger partial charge in [0.2, 0.25) is 0 Å². The molecule has 0 radical (unpaired) electrons. The number of fused-ring (bicyclic) bond motifs is 1. The topological polar surface area (TPSA) is 12.0 Å². The van der Waals surface area contributed by atoms with Gasteiger partial charge in [0.1, 0.15) is 0 Å². The Morgan fingerprint density at radius 3 is 2.20 bits per heavy atom. The SMILES string of the molecule is CC.CC.CC1=CCNc2ccccc21. The van der Waals surface area contributed by atoms with E-state index in [9.17, 15) is 0 Å². The maximum absolute atomic E-state index is 3.32. The molecule has 84 valence electrons. The Balaban J connectivity index is 0.000000442. The van der Waals surface area contributed by atoms with E-state index >= 15 is 0 Å². The van der Waals surface area contributed by atoms with Crippen molar-refractivity contribution < 1.29 is 0 Å². The van der Waals surface area contributed by atoms with Crippen molar-refractivity contribution in [2.45, 2.75) is 34.6 Å². The smallest absolute Gasteiger partial charge is 0.0418 e. The van der Waals surface area contributed by atoms with E-state index in [1.54, 1.807) is 0 Å². The van der Waals surface area contributed by atoms with Crippen LogP contribution in [-0.4, -0.2) is 6.54 Å². The van der Waals surface area contributed by atoms with Gasteiger partial charge in [-0.15, -0.1) is 0 Å². The summed E-state index contributed by atoms with van der Waals surface area (Å²) in [5.74, 6) is 0. The predicted molar refractivity (Wildman–Crippen MR) is 71.3 cm³/mol. The minimum atomic E-state index is 0.961. The zero-order valence-electron chi connectivity index (χ0n) is 10.6. The molecule has 0 unspecified atom stereocenters. The highest BCUT2D eigenvalue weighted by Crippen LogP contribution is 2.25. The minimum Gasteiger partial charge on any atom is -0.381 e. The summed E-state index contributed by atoms with van der Waals surface area (Å²) in [6.45, 7) is 11.1. The highest BCUT2D eigenvalue weighted by molar-refractivity contribution is 5.77. The Kier molecular flexibility index (Phi) is 7.43. The van der Waals surface area contributed by atoms with Crippen LogP contribution in [-0.2, 0) is 0 Å². The summed E-state index contributed by atoms with van der Waals surface area (Å²) in [5, 5.41) is 3.32. The molecule has 0 spiro atoms. The van der Waals surface area contributed by atoms with Gasteiger partial charge in [0.15, 0.2) is 0 Å². The van der Waals surface area contributed by atoms with Gasteiger partial charge in [0, 0.05) is 17.8 Å².